The summed E-state index contributed by atoms with van der Waals surface area (Å²) in [6.45, 7) is 4.27. The standard InChI is InChI=1S/C31H32Cl2FNO5/c1-19-15-23(30(38)22-11-13-40-14-12-22)16-27(34)28(19)31(39,24-5-9-26(33)10-6-24)35(18-37)29(20(2)17-36)21-3-7-25(32)8-4-21/h3-10,15-18,20,22,29-30,38-39H,11-14H2,1-2H3/t20-,29?,30?,31?/m1/s1. The Kier molecular flexibility index (Phi) is 9.64. The van der Waals surface area contributed by atoms with Gasteiger partial charge in [-0.15, -0.1) is 0 Å². The maximum absolute atomic E-state index is 16.2. The molecule has 0 bridgehead atoms. The van der Waals surface area contributed by atoms with Crippen LogP contribution in [0.5, 0.6) is 0 Å². The van der Waals surface area contributed by atoms with Crippen LogP contribution in [0.25, 0.3) is 0 Å². The van der Waals surface area contributed by atoms with Gasteiger partial charge in [0.2, 0.25) is 6.41 Å². The Morgan fingerprint density at radius 3 is 2.10 bits per heavy atom. The molecule has 1 amide bonds. The molecule has 9 heteroatoms. The average molecular weight is 589 g/mol. The van der Waals surface area contributed by atoms with Gasteiger partial charge < -0.3 is 24.6 Å². The fourth-order valence-corrected chi connectivity index (χ4v) is 5.84. The van der Waals surface area contributed by atoms with Crippen molar-refractivity contribution in [3.8, 4) is 0 Å². The highest BCUT2D eigenvalue weighted by Gasteiger charge is 2.46. The monoisotopic (exact) mass is 587 g/mol. The Labute approximate surface area is 243 Å². The minimum Gasteiger partial charge on any atom is -0.388 e. The van der Waals surface area contributed by atoms with Crippen LogP contribution in [0.1, 0.15) is 59.7 Å². The molecule has 40 heavy (non-hydrogen) atoms. The number of hydrogen-bond donors (Lipinski definition) is 2. The summed E-state index contributed by atoms with van der Waals surface area (Å²) in [5, 5.41) is 24.4. The van der Waals surface area contributed by atoms with Gasteiger partial charge in [-0.1, -0.05) is 60.5 Å². The third-order valence-electron chi connectivity index (χ3n) is 7.67. The molecule has 0 aromatic heterocycles. The lowest BCUT2D eigenvalue weighted by Crippen LogP contribution is -2.51. The summed E-state index contributed by atoms with van der Waals surface area (Å²) < 4.78 is 21.6. The maximum Gasteiger partial charge on any atom is 0.213 e. The first-order valence-electron chi connectivity index (χ1n) is 13.1. The van der Waals surface area contributed by atoms with Gasteiger partial charge in [-0.25, -0.2) is 4.39 Å². The van der Waals surface area contributed by atoms with Crippen molar-refractivity contribution < 1.29 is 28.9 Å². The van der Waals surface area contributed by atoms with Gasteiger partial charge in [0, 0.05) is 40.3 Å². The van der Waals surface area contributed by atoms with Gasteiger partial charge in [0.25, 0.3) is 0 Å². The van der Waals surface area contributed by atoms with Gasteiger partial charge in [-0.2, -0.15) is 0 Å². The number of carbonyl (C=O) groups is 2. The molecular weight excluding hydrogens is 556 g/mol. The summed E-state index contributed by atoms with van der Waals surface area (Å²) in [7, 11) is 0. The van der Waals surface area contributed by atoms with Crippen LogP contribution in [0.3, 0.4) is 0 Å². The summed E-state index contributed by atoms with van der Waals surface area (Å²) in [6.07, 6.45) is 1.45. The number of aliphatic hydroxyl groups excluding tert-OH is 1. The number of nitrogens with zero attached hydrogens (tertiary/aromatic N) is 1. The van der Waals surface area contributed by atoms with E-state index in [0.717, 1.165) is 4.90 Å². The summed E-state index contributed by atoms with van der Waals surface area (Å²) in [5.74, 6) is -1.69. The predicted molar refractivity (Wildman–Crippen MR) is 151 cm³/mol. The van der Waals surface area contributed by atoms with Crippen molar-refractivity contribution in [2.24, 2.45) is 11.8 Å². The van der Waals surface area contributed by atoms with Crippen molar-refractivity contribution in [2.45, 2.75) is 44.6 Å². The molecule has 1 fully saturated rings. The molecular formula is C31H32Cl2FNO5. The van der Waals surface area contributed by atoms with Gasteiger partial charge >= 0.3 is 0 Å². The highest BCUT2D eigenvalue weighted by molar-refractivity contribution is 6.30. The van der Waals surface area contributed by atoms with Crippen LogP contribution in [0.15, 0.2) is 60.7 Å². The lowest BCUT2D eigenvalue weighted by atomic mass is 9.82. The van der Waals surface area contributed by atoms with Crippen molar-refractivity contribution in [1.29, 1.82) is 0 Å². The smallest absolute Gasteiger partial charge is 0.213 e. The lowest BCUT2D eigenvalue weighted by molar-refractivity contribution is -0.152. The van der Waals surface area contributed by atoms with Crippen molar-refractivity contribution >= 4 is 35.9 Å². The number of aliphatic hydroxyl groups is 2. The van der Waals surface area contributed by atoms with E-state index in [0.29, 0.717) is 65.5 Å². The van der Waals surface area contributed by atoms with E-state index in [4.69, 9.17) is 27.9 Å². The molecule has 3 unspecified atom stereocenters. The topological polar surface area (TPSA) is 87.1 Å². The van der Waals surface area contributed by atoms with Crippen molar-refractivity contribution in [3.05, 3.63) is 104 Å². The fraction of sp³-hybridized carbons (Fsp3) is 0.355. The normalized spacial score (nSPS) is 17.9. The molecule has 1 heterocycles. The number of aryl methyl sites for hydroxylation is 1. The zero-order chi connectivity index (χ0) is 29.0. The average Bonchev–Trinajstić information content (AvgIpc) is 2.96. The van der Waals surface area contributed by atoms with E-state index in [1.54, 1.807) is 44.2 Å². The van der Waals surface area contributed by atoms with Crippen molar-refractivity contribution in [3.63, 3.8) is 0 Å². The van der Waals surface area contributed by atoms with Gasteiger partial charge in [-0.05, 0) is 72.7 Å². The summed E-state index contributed by atoms with van der Waals surface area (Å²) >= 11 is 12.2. The highest BCUT2D eigenvalue weighted by atomic mass is 35.5. The Morgan fingerprint density at radius 1 is 1.00 bits per heavy atom. The van der Waals surface area contributed by atoms with Gasteiger partial charge in [-0.3, -0.25) is 4.79 Å². The second-order valence-corrected chi connectivity index (χ2v) is 11.1. The van der Waals surface area contributed by atoms with E-state index in [9.17, 15) is 19.8 Å². The van der Waals surface area contributed by atoms with Crippen LogP contribution >= 0.6 is 23.2 Å². The van der Waals surface area contributed by atoms with E-state index < -0.39 is 29.6 Å². The highest BCUT2D eigenvalue weighted by Crippen LogP contribution is 2.44. The van der Waals surface area contributed by atoms with Gasteiger partial charge in [0.15, 0.2) is 5.72 Å². The fourth-order valence-electron chi connectivity index (χ4n) is 5.59. The van der Waals surface area contributed by atoms with E-state index in [2.05, 4.69) is 0 Å². The summed E-state index contributed by atoms with van der Waals surface area (Å²) in [5.41, 5.74) is -1.16. The second-order valence-electron chi connectivity index (χ2n) is 10.3. The first kappa shape index (κ1) is 30.2. The Bertz CT molecular complexity index is 1310. The molecule has 4 rings (SSSR count). The largest absolute Gasteiger partial charge is 0.388 e. The second kappa shape index (κ2) is 12.8. The molecule has 212 valence electrons. The SMILES string of the molecule is Cc1cc(C(O)C2CCOCC2)cc(F)c1C(O)(c1ccc(Cl)cc1)N(C=O)C(c1ccc(Cl)cc1)[C@H](C)C=O. The summed E-state index contributed by atoms with van der Waals surface area (Å²) in [6, 6.07) is 14.5. The number of ether oxygens (including phenoxy) is 1. The Hall–Kier alpha value is -2.81. The summed E-state index contributed by atoms with van der Waals surface area (Å²) in [4.78, 5) is 26.0. The molecule has 0 aliphatic carbocycles. The maximum atomic E-state index is 16.2. The number of amides is 1. The number of carbonyl (C=O) groups excluding carboxylic acids is 2. The molecule has 0 radical (unpaired) electrons. The molecule has 4 atom stereocenters. The third-order valence-corrected chi connectivity index (χ3v) is 8.17. The molecule has 6 nitrogen and oxygen atoms in total. The minimum atomic E-state index is -2.36. The van der Waals surface area contributed by atoms with E-state index in [1.807, 2.05) is 0 Å². The molecule has 3 aromatic carbocycles. The van der Waals surface area contributed by atoms with Gasteiger partial charge in [0.1, 0.15) is 12.1 Å². The number of hydrogen-bond acceptors (Lipinski definition) is 5. The third kappa shape index (κ3) is 5.94. The Morgan fingerprint density at radius 2 is 1.57 bits per heavy atom. The van der Waals surface area contributed by atoms with E-state index in [-0.39, 0.29) is 17.0 Å². The first-order chi connectivity index (χ1) is 19.1. The molecule has 0 saturated carbocycles. The van der Waals surface area contributed by atoms with Crippen LogP contribution < -0.4 is 0 Å². The van der Waals surface area contributed by atoms with Crippen LogP contribution in [-0.4, -0.2) is 41.0 Å². The zero-order valence-electron chi connectivity index (χ0n) is 22.3. The molecule has 1 aliphatic heterocycles. The number of aldehydes is 1. The van der Waals surface area contributed by atoms with Crippen LogP contribution in [-0.2, 0) is 20.1 Å². The van der Waals surface area contributed by atoms with Crippen molar-refractivity contribution in [2.75, 3.05) is 13.2 Å². The van der Waals surface area contributed by atoms with E-state index >= 15 is 4.39 Å². The van der Waals surface area contributed by atoms with Crippen LogP contribution in [0.2, 0.25) is 10.0 Å². The molecule has 2 N–H and O–H groups in total. The lowest BCUT2D eigenvalue weighted by Gasteiger charge is -2.45. The molecule has 1 saturated heterocycles. The molecule has 1 aliphatic rings. The quantitative estimate of drug-likeness (QED) is 0.220. The first-order valence-corrected chi connectivity index (χ1v) is 13.9. The molecule has 0 spiro atoms. The van der Waals surface area contributed by atoms with Crippen LogP contribution in [0, 0.1) is 24.6 Å². The number of halogens is 3. The number of benzene rings is 3. The Balaban J connectivity index is 1.92. The van der Waals surface area contributed by atoms with E-state index in [1.165, 1.54) is 30.3 Å². The molecule has 3 aromatic rings. The van der Waals surface area contributed by atoms with Crippen molar-refractivity contribution in [1.82, 2.24) is 4.90 Å². The van der Waals surface area contributed by atoms with Gasteiger partial charge in [0.05, 0.1) is 12.1 Å². The predicted octanol–water partition coefficient (Wildman–Crippen LogP) is 6.13. The van der Waals surface area contributed by atoms with Crippen LogP contribution in [0.4, 0.5) is 4.39 Å². The number of rotatable bonds is 10. The zero-order valence-corrected chi connectivity index (χ0v) is 23.8. The minimum absolute atomic E-state index is 0.0947.